The molecule has 0 aromatic heterocycles. The maximum Gasteiger partial charge on any atom is 0.319 e. The quantitative estimate of drug-likeness (QED) is 0.230. The Balaban J connectivity index is 1.67. The van der Waals surface area contributed by atoms with E-state index in [1.165, 1.54) is 12.1 Å². The molecular weight excluding hydrogens is 498 g/mol. The number of carbonyl (C=O) groups excluding carboxylic acids is 1. The van der Waals surface area contributed by atoms with Crippen LogP contribution in [-0.2, 0) is 0 Å². The van der Waals surface area contributed by atoms with Crippen LogP contribution in [0.25, 0.3) is 11.1 Å². The molecular formula is C28H33Cl2FN4O. The van der Waals surface area contributed by atoms with Crippen molar-refractivity contribution in [3.63, 3.8) is 0 Å². The van der Waals surface area contributed by atoms with E-state index in [2.05, 4.69) is 47.1 Å². The molecule has 1 atom stereocenters. The Kier molecular flexibility index (Phi) is 11.0. The van der Waals surface area contributed by atoms with Crippen molar-refractivity contribution in [3.05, 3.63) is 88.2 Å². The maximum atomic E-state index is 13.4. The van der Waals surface area contributed by atoms with Crippen LogP contribution in [0.4, 0.5) is 14.9 Å². The first-order chi connectivity index (χ1) is 17.3. The number of carbonyl (C=O) groups is 1. The summed E-state index contributed by atoms with van der Waals surface area (Å²) >= 11 is 12.1. The molecule has 0 spiro atoms. The van der Waals surface area contributed by atoms with E-state index in [1.54, 1.807) is 30.3 Å². The molecule has 0 radical (unpaired) electrons. The number of rotatable bonds is 12. The minimum Gasteiger partial charge on any atom is -0.337 e. The van der Waals surface area contributed by atoms with Gasteiger partial charge in [-0.1, -0.05) is 59.6 Å². The normalized spacial score (nSPS) is 11.9. The topological polar surface area (TPSA) is 56.4 Å². The summed E-state index contributed by atoms with van der Waals surface area (Å²) in [5, 5.41) is 10.2. The molecule has 3 N–H and O–H groups in total. The Morgan fingerprint density at radius 1 is 0.944 bits per heavy atom. The number of anilines is 1. The number of hydrogen-bond acceptors (Lipinski definition) is 3. The molecule has 1 unspecified atom stereocenters. The molecule has 3 aromatic rings. The van der Waals surface area contributed by atoms with E-state index in [-0.39, 0.29) is 17.8 Å². The molecule has 36 heavy (non-hydrogen) atoms. The van der Waals surface area contributed by atoms with E-state index < -0.39 is 0 Å². The number of nitrogens with one attached hydrogen (secondary N) is 3. The number of nitrogens with zero attached hydrogens (tertiary/aromatic N) is 1. The lowest BCUT2D eigenvalue weighted by Gasteiger charge is -2.20. The summed E-state index contributed by atoms with van der Waals surface area (Å²) in [6, 6.07) is 19.2. The Morgan fingerprint density at radius 3 is 2.36 bits per heavy atom. The zero-order valence-corrected chi connectivity index (χ0v) is 22.2. The molecule has 0 bridgehead atoms. The van der Waals surface area contributed by atoms with Crippen LogP contribution in [-0.4, -0.2) is 51.2 Å². The number of urea groups is 1. The van der Waals surface area contributed by atoms with Gasteiger partial charge in [0.1, 0.15) is 5.82 Å². The second kappa shape index (κ2) is 14.2. The lowest BCUT2D eigenvalue weighted by molar-refractivity contribution is 0.251. The standard InChI is InChI=1S/C28H33Cl2FN4O/c1-35(2)14-4-12-32-13-11-23(19-33-28(36)34-27-17-24(29)16-25(30)18-27)22-6-3-5-21(15-22)20-7-9-26(31)10-8-20/h3,5-10,15-18,23,32H,4,11-14,19H2,1-2H3,(H2,33,34,36). The van der Waals surface area contributed by atoms with E-state index in [0.29, 0.717) is 22.3 Å². The lowest BCUT2D eigenvalue weighted by Crippen LogP contribution is -2.33. The zero-order chi connectivity index (χ0) is 25.9. The van der Waals surface area contributed by atoms with Crippen molar-refractivity contribution >= 4 is 34.9 Å². The van der Waals surface area contributed by atoms with Gasteiger partial charge >= 0.3 is 6.03 Å². The fourth-order valence-corrected chi connectivity index (χ4v) is 4.47. The number of halogens is 3. The fraction of sp³-hybridized carbons (Fsp3) is 0.321. The third-order valence-corrected chi connectivity index (χ3v) is 6.23. The van der Waals surface area contributed by atoms with E-state index in [9.17, 15) is 9.18 Å². The Labute approximate surface area is 223 Å². The molecule has 0 fully saturated rings. The molecule has 3 aromatic carbocycles. The van der Waals surface area contributed by atoms with Crippen molar-refractivity contribution < 1.29 is 9.18 Å². The Hall–Kier alpha value is -2.64. The molecule has 8 heteroatoms. The molecule has 0 aliphatic rings. The fourth-order valence-electron chi connectivity index (χ4n) is 3.94. The molecule has 0 aliphatic carbocycles. The smallest absolute Gasteiger partial charge is 0.319 e. The number of benzene rings is 3. The van der Waals surface area contributed by atoms with Crippen LogP contribution in [0.15, 0.2) is 66.7 Å². The van der Waals surface area contributed by atoms with Crippen LogP contribution in [0.1, 0.15) is 24.3 Å². The molecule has 0 heterocycles. The van der Waals surface area contributed by atoms with Gasteiger partial charge in [-0.05, 0) is 93.6 Å². The van der Waals surface area contributed by atoms with Gasteiger partial charge in [-0.15, -0.1) is 0 Å². The van der Waals surface area contributed by atoms with Gasteiger partial charge in [-0.25, -0.2) is 9.18 Å². The highest BCUT2D eigenvalue weighted by atomic mass is 35.5. The van der Waals surface area contributed by atoms with E-state index in [0.717, 1.165) is 49.2 Å². The molecule has 2 amide bonds. The monoisotopic (exact) mass is 530 g/mol. The van der Waals surface area contributed by atoms with Gasteiger partial charge in [-0.2, -0.15) is 0 Å². The summed E-state index contributed by atoms with van der Waals surface area (Å²) in [6.45, 7) is 3.24. The van der Waals surface area contributed by atoms with Gasteiger partial charge in [0.05, 0.1) is 0 Å². The van der Waals surface area contributed by atoms with Gasteiger partial charge in [0.2, 0.25) is 0 Å². The molecule has 192 valence electrons. The predicted octanol–water partition coefficient (Wildman–Crippen LogP) is 6.64. The van der Waals surface area contributed by atoms with Crippen molar-refractivity contribution in [2.75, 3.05) is 45.6 Å². The SMILES string of the molecule is CN(C)CCCNCCC(CNC(=O)Nc1cc(Cl)cc(Cl)c1)c1cccc(-c2ccc(F)cc2)c1. The minimum atomic E-state index is -0.327. The largest absolute Gasteiger partial charge is 0.337 e. The van der Waals surface area contributed by atoms with E-state index in [4.69, 9.17) is 23.2 Å². The molecule has 0 saturated heterocycles. The highest BCUT2D eigenvalue weighted by Crippen LogP contribution is 2.26. The van der Waals surface area contributed by atoms with Crippen molar-refractivity contribution in [3.8, 4) is 11.1 Å². The Bertz CT molecular complexity index is 1100. The van der Waals surface area contributed by atoms with Crippen molar-refractivity contribution in [1.82, 2.24) is 15.5 Å². The summed E-state index contributed by atoms with van der Waals surface area (Å²) in [7, 11) is 4.14. The third kappa shape index (κ3) is 9.43. The summed E-state index contributed by atoms with van der Waals surface area (Å²) < 4.78 is 13.4. The zero-order valence-electron chi connectivity index (χ0n) is 20.7. The van der Waals surface area contributed by atoms with Gasteiger partial charge in [0.25, 0.3) is 0 Å². The lowest BCUT2D eigenvalue weighted by atomic mass is 9.92. The van der Waals surface area contributed by atoms with Crippen molar-refractivity contribution in [2.45, 2.75) is 18.8 Å². The van der Waals surface area contributed by atoms with Gasteiger partial charge in [0.15, 0.2) is 0 Å². The van der Waals surface area contributed by atoms with Gasteiger partial charge in [-0.3, -0.25) is 0 Å². The van der Waals surface area contributed by atoms with Crippen LogP contribution in [0, 0.1) is 5.82 Å². The predicted molar refractivity (Wildman–Crippen MR) is 149 cm³/mol. The van der Waals surface area contributed by atoms with E-state index >= 15 is 0 Å². The summed E-state index contributed by atoms with van der Waals surface area (Å²) in [6.07, 6.45) is 1.92. The maximum absolute atomic E-state index is 13.4. The summed E-state index contributed by atoms with van der Waals surface area (Å²) in [5.41, 5.74) is 3.59. The van der Waals surface area contributed by atoms with Crippen LogP contribution >= 0.6 is 23.2 Å². The summed E-state index contributed by atoms with van der Waals surface area (Å²) in [5.74, 6) is -0.176. The number of hydrogen-bond donors (Lipinski definition) is 3. The number of amides is 2. The van der Waals surface area contributed by atoms with Gasteiger partial charge < -0.3 is 20.9 Å². The Morgan fingerprint density at radius 2 is 1.67 bits per heavy atom. The average Bonchev–Trinajstić information content (AvgIpc) is 2.83. The molecule has 0 saturated carbocycles. The second-order valence-corrected chi connectivity index (χ2v) is 9.89. The molecule has 0 aliphatic heterocycles. The third-order valence-electron chi connectivity index (χ3n) is 5.79. The first kappa shape index (κ1) is 27.9. The highest BCUT2D eigenvalue weighted by Gasteiger charge is 2.15. The first-order valence-electron chi connectivity index (χ1n) is 12.0. The van der Waals surface area contributed by atoms with Gasteiger partial charge in [0, 0.05) is 28.2 Å². The highest BCUT2D eigenvalue weighted by molar-refractivity contribution is 6.35. The van der Waals surface area contributed by atoms with Crippen LogP contribution in [0.3, 0.4) is 0 Å². The van der Waals surface area contributed by atoms with Crippen molar-refractivity contribution in [1.29, 1.82) is 0 Å². The molecule has 5 nitrogen and oxygen atoms in total. The van der Waals surface area contributed by atoms with Crippen LogP contribution in [0.2, 0.25) is 10.0 Å². The molecule has 3 rings (SSSR count). The second-order valence-electron chi connectivity index (χ2n) is 9.02. The van der Waals surface area contributed by atoms with Crippen LogP contribution in [0.5, 0.6) is 0 Å². The minimum absolute atomic E-state index is 0.0837. The first-order valence-corrected chi connectivity index (χ1v) is 12.8. The average molecular weight is 532 g/mol. The van der Waals surface area contributed by atoms with Crippen LogP contribution < -0.4 is 16.0 Å². The van der Waals surface area contributed by atoms with E-state index in [1.807, 2.05) is 12.1 Å². The summed E-state index contributed by atoms with van der Waals surface area (Å²) in [4.78, 5) is 14.8. The van der Waals surface area contributed by atoms with Crippen molar-refractivity contribution in [2.24, 2.45) is 0 Å².